The maximum Gasteiger partial charge on any atom is 0.283 e. The number of halogens is 1. The van der Waals surface area contributed by atoms with E-state index in [0.717, 1.165) is 23.2 Å². The number of carbonyl (C=O) groups is 1. The van der Waals surface area contributed by atoms with Crippen LogP contribution in [0.15, 0.2) is 48.5 Å². The topological polar surface area (TPSA) is 107 Å². The molecule has 3 aromatic rings. The first-order valence-corrected chi connectivity index (χ1v) is 9.48. The predicted molar refractivity (Wildman–Crippen MR) is 106 cm³/mol. The highest BCUT2D eigenvalue weighted by molar-refractivity contribution is 7.15. The van der Waals surface area contributed by atoms with Crippen molar-refractivity contribution in [2.45, 2.75) is 12.8 Å². The van der Waals surface area contributed by atoms with Crippen LogP contribution in [0.25, 0.3) is 0 Å². The second-order valence-electron chi connectivity index (χ2n) is 5.64. The van der Waals surface area contributed by atoms with Gasteiger partial charge in [-0.1, -0.05) is 41.1 Å². The van der Waals surface area contributed by atoms with E-state index >= 15 is 0 Å². The van der Waals surface area contributed by atoms with Gasteiger partial charge >= 0.3 is 0 Å². The van der Waals surface area contributed by atoms with Crippen molar-refractivity contribution in [3.05, 3.63) is 74.2 Å². The Morgan fingerprint density at radius 3 is 2.75 bits per heavy atom. The molecule has 0 fully saturated rings. The number of ether oxygens (including phenoxy) is 1. The molecule has 0 aliphatic rings. The van der Waals surface area contributed by atoms with E-state index in [2.05, 4.69) is 15.5 Å². The molecule has 0 radical (unpaired) electrons. The molecule has 1 N–H and O–H groups in total. The Hall–Kier alpha value is -3.04. The molecule has 10 heteroatoms. The summed E-state index contributed by atoms with van der Waals surface area (Å²) in [4.78, 5) is 22.8. The molecule has 0 saturated carbocycles. The van der Waals surface area contributed by atoms with Gasteiger partial charge < -0.3 is 4.74 Å². The van der Waals surface area contributed by atoms with Gasteiger partial charge in [-0.2, -0.15) is 0 Å². The average molecular weight is 419 g/mol. The number of carbonyl (C=O) groups excluding carboxylic acids is 1. The summed E-state index contributed by atoms with van der Waals surface area (Å²) in [6, 6.07) is 13.3. The van der Waals surface area contributed by atoms with E-state index in [0.29, 0.717) is 13.0 Å². The predicted octanol–water partition coefficient (Wildman–Crippen LogP) is 4.36. The number of nitrogens with one attached hydrogen (secondary N) is 1. The van der Waals surface area contributed by atoms with Gasteiger partial charge in [-0.05, 0) is 30.7 Å². The van der Waals surface area contributed by atoms with Gasteiger partial charge in [0, 0.05) is 17.5 Å². The monoisotopic (exact) mass is 418 g/mol. The van der Waals surface area contributed by atoms with Crippen LogP contribution in [0.1, 0.15) is 21.8 Å². The Bertz CT molecular complexity index is 981. The van der Waals surface area contributed by atoms with Crippen molar-refractivity contribution in [2.24, 2.45) is 0 Å². The van der Waals surface area contributed by atoms with Crippen molar-refractivity contribution in [3.8, 4) is 5.75 Å². The molecule has 0 unspecified atom stereocenters. The van der Waals surface area contributed by atoms with Gasteiger partial charge in [0.05, 0.1) is 11.5 Å². The molecule has 1 heterocycles. The minimum atomic E-state index is -0.654. The number of hydrogen-bond donors (Lipinski definition) is 1. The summed E-state index contributed by atoms with van der Waals surface area (Å²) >= 11 is 6.98. The maximum atomic E-state index is 12.3. The van der Waals surface area contributed by atoms with Crippen LogP contribution in [-0.2, 0) is 6.42 Å². The minimum Gasteiger partial charge on any atom is -0.494 e. The molecule has 0 bridgehead atoms. The van der Waals surface area contributed by atoms with E-state index in [1.807, 2.05) is 30.3 Å². The zero-order valence-electron chi connectivity index (χ0n) is 14.5. The number of anilines is 1. The SMILES string of the molecule is O=C(Nc1nnc(CCCOc2ccccc2)s1)c1ccc(Cl)cc1[N+](=O)[O-]. The summed E-state index contributed by atoms with van der Waals surface area (Å²) in [5.74, 6) is 0.163. The molecule has 0 atom stereocenters. The van der Waals surface area contributed by atoms with Gasteiger partial charge in [0.2, 0.25) is 5.13 Å². The molecule has 3 rings (SSSR count). The Morgan fingerprint density at radius 2 is 2.00 bits per heavy atom. The quantitative estimate of drug-likeness (QED) is 0.330. The van der Waals surface area contributed by atoms with Crippen molar-refractivity contribution in [1.29, 1.82) is 0 Å². The highest BCUT2D eigenvalue weighted by atomic mass is 35.5. The lowest BCUT2D eigenvalue weighted by atomic mass is 10.1. The van der Waals surface area contributed by atoms with Gasteiger partial charge in [-0.25, -0.2) is 0 Å². The molecule has 0 aliphatic heterocycles. The van der Waals surface area contributed by atoms with E-state index in [1.54, 1.807) is 0 Å². The third kappa shape index (κ3) is 5.24. The highest BCUT2D eigenvalue weighted by Gasteiger charge is 2.21. The van der Waals surface area contributed by atoms with Crippen LogP contribution < -0.4 is 10.1 Å². The van der Waals surface area contributed by atoms with Crippen molar-refractivity contribution in [3.63, 3.8) is 0 Å². The number of para-hydroxylation sites is 1. The zero-order valence-corrected chi connectivity index (χ0v) is 16.1. The number of hydrogen-bond acceptors (Lipinski definition) is 7. The molecule has 0 aliphatic carbocycles. The largest absolute Gasteiger partial charge is 0.494 e. The van der Waals surface area contributed by atoms with Crippen LogP contribution >= 0.6 is 22.9 Å². The third-order valence-electron chi connectivity index (χ3n) is 3.64. The Balaban J connectivity index is 1.54. The molecule has 0 spiro atoms. The van der Waals surface area contributed by atoms with Gasteiger partial charge in [-0.3, -0.25) is 20.2 Å². The molecular formula is C18H15ClN4O4S. The Morgan fingerprint density at radius 1 is 1.21 bits per heavy atom. The maximum absolute atomic E-state index is 12.3. The van der Waals surface area contributed by atoms with Crippen LogP contribution in [0, 0.1) is 10.1 Å². The van der Waals surface area contributed by atoms with Crippen LogP contribution in [0.5, 0.6) is 5.75 Å². The molecule has 0 saturated heterocycles. The first-order chi connectivity index (χ1) is 13.5. The van der Waals surface area contributed by atoms with Gasteiger partial charge in [0.25, 0.3) is 11.6 Å². The summed E-state index contributed by atoms with van der Waals surface area (Å²) in [6.45, 7) is 0.530. The second-order valence-corrected chi connectivity index (χ2v) is 7.14. The third-order valence-corrected chi connectivity index (χ3v) is 4.77. The fraction of sp³-hybridized carbons (Fsp3) is 0.167. The van der Waals surface area contributed by atoms with E-state index in [1.165, 1.54) is 23.5 Å². The highest BCUT2D eigenvalue weighted by Crippen LogP contribution is 2.25. The van der Waals surface area contributed by atoms with E-state index < -0.39 is 10.8 Å². The second kappa shape index (κ2) is 9.25. The molecule has 1 aromatic heterocycles. The first kappa shape index (κ1) is 19.7. The van der Waals surface area contributed by atoms with Gasteiger partial charge in [0.15, 0.2) is 0 Å². The van der Waals surface area contributed by atoms with Crippen LogP contribution in [0.3, 0.4) is 0 Å². The minimum absolute atomic E-state index is 0.0950. The van der Waals surface area contributed by atoms with Crippen molar-refractivity contribution < 1.29 is 14.5 Å². The normalized spacial score (nSPS) is 10.5. The zero-order chi connectivity index (χ0) is 19.9. The smallest absolute Gasteiger partial charge is 0.283 e. The van der Waals surface area contributed by atoms with Crippen molar-refractivity contribution in [1.82, 2.24) is 10.2 Å². The lowest BCUT2D eigenvalue weighted by molar-refractivity contribution is -0.385. The van der Waals surface area contributed by atoms with Crippen LogP contribution in [0.4, 0.5) is 10.8 Å². The van der Waals surface area contributed by atoms with Crippen molar-refractivity contribution in [2.75, 3.05) is 11.9 Å². The summed E-state index contributed by atoms with van der Waals surface area (Å²) in [5.41, 5.74) is -0.463. The molecule has 28 heavy (non-hydrogen) atoms. The van der Waals surface area contributed by atoms with E-state index in [4.69, 9.17) is 16.3 Å². The van der Waals surface area contributed by atoms with Crippen molar-refractivity contribution >= 4 is 39.7 Å². The number of nitro groups is 1. The van der Waals surface area contributed by atoms with Crippen LogP contribution in [0.2, 0.25) is 5.02 Å². The number of benzene rings is 2. The molecule has 1 amide bonds. The molecular weight excluding hydrogens is 404 g/mol. The standard InChI is InChI=1S/C18H15ClN4O4S/c19-12-8-9-14(15(11-12)23(25)26)17(24)20-18-22-21-16(28-18)7-4-10-27-13-5-2-1-3-6-13/h1-3,5-6,8-9,11H,4,7,10H2,(H,20,22,24). The fourth-order valence-electron chi connectivity index (χ4n) is 2.35. The lowest BCUT2D eigenvalue weighted by Gasteiger charge is -2.04. The number of aromatic nitrogens is 2. The summed E-state index contributed by atoms with van der Waals surface area (Å²) in [5, 5.41) is 22.8. The molecule has 2 aromatic carbocycles. The molecule has 144 valence electrons. The Labute approximate surface area is 169 Å². The number of amides is 1. The number of aryl methyl sites for hydroxylation is 1. The van der Waals surface area contributed by atoms with Crippen LogP contribution in [-0.4, -0.2) is 27.6 Å². The average Bonchev–Trinajstić information content (AvgIpc) is 3.13. The first-order valence-electron chi connectivity index (χ1n) is 8.28. The Kier molecular flexibility index (Phi) is 6.51. The van der Waals surface area contributed by atoms with Gasteiger partial charge in [-0.15, -0.1) is 10.2 Å². The number of nitrogens with zero attached hydrogens (tertiary/aromatic N) is 3. The lowest BCUT2D eigenvalue weighted by Crippen LogP contribution is -2.13. The molecule has 8 nitrogen and oxygen atoms in total. The summed E-state index contributed by atoms with van der Waals surface area (Å²) in [7, 11) is 0. The van der Waals surface area contributed by atoms with E-state index in [-0.39, 0.29) is 21.4 Å². The summed E-state index contributed by atoms with van der Waals surface area (Å²) in [6.07, 6.45) is 1.38. The number of rotatable bonds is 8. The summed E-state index contributed by atoms with van der Waals surface area (Å²) < 4.78 is 5.61. The fourth-order valence-corrected chi connectivity index (χ4v) is 3.29. The van der Waals surface area contributed by atoms with E-state index in [9.17, 15) is 14.9 Å². The van der Waals surface area contributed by atoms with Gasteiger partial charge in [0.1, 0.15) is 16.3 Å². The number of nitro benzene ring substituents is 1.